The summed E-state index contributed by atoms with van der Waals surface area (Å²) in [6.45, 7) is 5.82. The molecule has 33 heavy (non-hydrogen) atoms. The maximum absolute atomic E-state index is 13.7. The Kier molecular flexibility index (Phi) is 7.78. The van der Waals surface area contributed by atoms with E-state index in [9.17, 15) is 9.59 Å². The van der Waals surface area contributed by atoms with E-state index in [0.717, 1.165) is 45.3 Å². The zero-order chi connectivity index (χ0) is 23.4. The second-order valence-corrected chi connectivity index (χ2v) is 9.80. The molecule has 2 aliphatic heterocycles. The molecule has 0 unspecified atom stereocenters. The van der Waals surface area contributed by atoms with Crippen molar-refractivity contribution in [3.63, 3.8) is 0 Å². The molecule has 1 aliphatic carbocycles. The first-order valence-electron chi connectivity index (χ1n) is 12.6. The van der Waals surface area contributed by atoms with Gasteiger partial charge in [0.2, 0.25) is 5.91 Å². The van der Waals surface area contributed by atoms with Crippen LogP contribution in [0.15, 0.2) is 18.2 Å². The van der Waals surface area contributed by atoms with Crippen molar-refractivity contribution >= 4 is 11.8 Å². The Morgan fingerprint density at radius 1 is 0.848 bits per heavy atom. The molecule has 7 heteroatoms. The molecule has 0 bridgehead atoms. The van der Waals surface area contributed by atoms with Gasteiger partial charge in [0.05, 0.1) is 20.3 Å². The maximum Gasteiger partial charge on any atom is 0.254 e. The Bertz CT molecular complexity index is 809. The number of carbonyl (C=O) groups excluding carboxylic acids is 2. The largest absolute Gasteiger partial charge is 0.497 e. The van der Waals surface area contributed by atoms with Crippen LogP contribution in [0, 0.1) is 5.92 Å². The van der Waals surface area contributed by atoms with Crippen molar-refractivity contribution in [1.82, 2.24) is 14.7 Å². The number of carbonyl (C=O) groups is 2. The van der Waals surface area contributed by atoms with Crippen LogP contribution >= 0.6 is 0 Å². The van der Waals surface area contributed by atoms with Crippen LogP contribution in [-0.4, -0.2) is 85.5 Å². The van der Waals surface area contributed by atoms with Gasteiger partial charge in [-0.15, -0.1) is 0 Å². The molecule has 2 atom stereocenters. The standard InChI is InChI=1S/C26H39N3O4/c1-19-8-6-7-11-29(19)26(31)24(20-9-4-5-10-20)27-12-14-28(15-13-27)25(30)21-16-22(32-2)18-23(17-21)33-3/h16-20,24H,4-15H2,1-3H3/t19-,24-/m0/s1. The highest BCUT2D eigenvalue weighted by atomic mass is 16.5. The Hall–Kier alpha value is -2.28. The molecular formula is C26H39N3O4. The molecule has 0 spiro atoms. The van der Waals surface area contributed by atoms with E-state index in [4.69, 9.17) is 9.47 Å². The first-order chi connectivity index (χ1) is 16.0. The van der Waals surface area contributed by atoms with Crippen LogP contribution < -0.4 is 9.47 Å². The Balaban J connectivity index is 1.45. The van der Waals surface area contributed by atoms with Gasteiger partial charge in [-0.3, -0.25) is 14.5 Å². The fourth-order valence-corrected chi connectivity index (χ4v) is 5.84. The maximum atomic E-state index is 13.7. The van der Waals surface area contributed by atoms with Gasteiger partial charge in [0, 0.05) is 50.4 Å². The van der Waals surface area contributed by atoms with E-state index in [1.165, 1.54) is 19.3 Å². The van der Waals surface area contributed by atoms with Crippen molar-refractivity contribution in [2.45, 2.75) is 64.0 Å². The van der Waals surface area contributed by atoms with Crippen LogP contribution in [0.1, 0.15) is 62.2 Å². The third-order valence-corrected chi connectivity index (χ3v) is 7.78. The van der Waals surface area contributed by atoms with Gasteiger partial charge in [0.1, 0.15) is 11.5 Å². The molecule has 1 saturated carbocycles. The first-order valence-corrected chi connectivity index (χ1v) is 12.6. The molecule has 0 N–H and O–H groups in total. The van der Waals surface area contributed by atoms with Crippen molar-refractivity contribution in [2.24, 2.45) is 5.92 Å². The van der Waals surface area contributed by atoms with E-state index in [0.29, 0.717) is 48.0 Å². The monoisotopic (exact) mass is 457 g/mol. The van der Waals surface area contributed by atoms with Gasteiger partial charge in [-0.05, 0) is 57.1 Å². The normalized spacial score (nSPS) is 23.4. The minimum absolute atomic E-state index is 0.0137. The van der Waals surface area contributed by atoms with E-state index in [1.54, 1.807) is 32.4 Å². The molecule has 182 valence electrons. The summed E-state index contributed by atoms with van der Waals surface area (Å²) in [5.74, 6) is 1.97. The van der Waals surface area contributed by atoms with Gasteiger partial charge >= 0.3 is 0 Å². The SMILES string of the molecule is COc1cc(OC)cc(C(=O)N2CCN([C@H](C(=O)N3CCCC[C@@H]3C)C3CCCC3)CC2)c1. The zero-order valence-electron chi connectivity index (χ0n) is 20.4. The summed E-state index contributed by atoms with van der Waals surface area (Å²) in [6, 6.07) is 5.59. The second kappa shape index (κ2) is 10.8. The molecule has 2 heterocycles. The van der Waals surface area contributed by atoms with Crippen LogP contribution in [0.3, 0.4) is 0 Å². The lowest BCUT2D eigenvalue weighted by atomic mass is 9.92. The number of methoxy groups -OCH3 is 2. The lowest BCUT2D eigenvalue weighted by Crippen LogP contribution is -2.60. The van der Waals surface area contributed by atoms with Gasteiger partial charge in [0.25, 0.3) is 5.91 Å². The number of piperidine rings is 1. The van der Waals surface area contributed by atoms with Crippen molar-refractivity contribution < 1.29 is 19.1 Å². The molecule has 3 fully saturated rings. The number of ether oxygens (including phenoxy) is 2. The minimum Gasteiger partial charge on any atom is -0.497 e. The van der Waals surface area contributed by atoms with Crippen LogP contribution in [0.2, 0.25) is 0 Å². The van der Waals surface area contributed by atoms with Crippen LogP contribution in [0.4, 0.5) is 0 Å². The van der Waals surface area contributed by atoms with Gasteiger partial charge < -0.3 is 19.3 Å². The molecule has 3 aliphatic rings. The van der Waals surface area contributed by atoms with Crippen molar-refractivity contribution in [3.8, 4) is 11.5 Å². The highest BCUT2D eigenvalue weighted by Gasteiger charge is 2.40. The summed E-state index contributed by atoms with van der Waals surface area (Å²) < 4.78 is 10.7. The van der Waals surface area contributed by atoms with E-state index in [2.05, 4.69) is 16.7 Å². The molecule has 0 radical (unpaired) electrons. The molecular weight excluding hydrogens is 418 g/mol. The minimum atomic E-state index is -0.0396. The van der Waals surface area contributed by atoms with E-state index in [1.807, 2.05) is 4.90 Å². The van der Waals surface area contributed by atoms with E-state index >= 15 is 0 Å². The Labute approximate surface area is 198 Å². The predicted molar refractivity (Wildman–Crippen MR) is 128 cm³/mol. The lowest BCUT2D eigenvalue weighted by Gasteiger charge is -2.44. The zero-order valence-corrected chi connectivity index (χ0v) is 20.4. The third kappa shape index (κ3) is 5.29. The average molecular weight is 458 g/mol. The van der Waals surface area contributed by atoms with Gasteiger partial charge in [0.15, 0.2) is 0 Å². The third-order valence-electron chi connectivity index (χ3n) is 7.78. The van der Waals surface area contributed by atoms with Crippen LogP contribution in [0.25, 0.3) is 0 Å². The Morgan fingerprint density at radius 2 is 1.45 bits per heavy atom. The molecule has 7 nitrogen and oxygen atoms in total. The van der Waals surface area contributed by atoms with E-state index in [-0.39, 0.29) is 11.9 Å². The Morgan fingerprint density at radius 3 is 2.03 bits per heavy atom. The summed E-state index contributed by atoms with van der Waals surface area (Å²) in [5.41, 5.74) is 0.574. The van der Waals surface area contributed by atoms with Crippen molar-refractivity contribution in [3.05, 3.63) is 23.8 Å². The quantitative estimate of drug-likeness (QED) is 0.655. The number of hydrogen-bond acceptors (Lipinski definition) is 5. The fraction of sp³-hybridized carbons (Fsp3) is 0.692. The summed E-state index contributed by atoms with van der Waals surface area (Å²) in [4.78, 5) is 33.4. The van der Waals surface area contributed by atoms with Crippen molar-refractivity contribution in [1.29, 1.82) is 0 Å². The highest BCUT2D eigenvalue weighted by Crippen LogP contribution is 2.33. The molecule has 2 saturated heterocycles. The smallest absolute Gasteiger partial charge is 0.254 e. The first kappa shape index (κ1) is 23.9. The fourth-order valence-electron chi connectivity index (χ4n) is 5.84. The number of benzene rings is 1. The second-order valence-electron chi connectivity index (χ2n) is 9.80. The summed E-state index contributed by atoms with van der Waals surface area (Å²) >= 11 is 0. The van der Waals surface area contributed by atoms with Crippen LogP contribution in [0.5, 0.6) is 11.5 Å². The van der Waals surface area contributed by atoms with E-state index < -0.39 is 0 Å². The van der Waals surface area contributed by atoms with Gasteiger partial charge in [-0.25, -0.2) is 0 Å². The predicted octanol–water partition coefficient (Wildman–Crippen LogP) is 3.42. The molecule has 2 amide bonds. The summed E-state index contributed by atoms with van der Waals surface area (Å²) in [7, 11) is 3.18. The van der Waals surface area contributed by atoms with Gasteiger partial charge in [-0.2, -0.15) is 0 Å². The van der Waals surface area contributed by atoms with Crippen molar-refractivity contribution in [2.75, 3.05) is 46.9 Å². The van der Waals surface area contributed by atoms with Crippen LogP contribution in [-0.2, 0) is 4.79 Å². The topological polar surface area (TPSA) is 62.3 Å². The number of nitrogens with zero attached hydrogens (tertiary/aromatic N) is 3. The number of hydrogen-bond donors (Lipinski definition) is 0. The number of amides is 2. The molecule has 1 aromatic carbocycles. The number of rotatable bonds is 6. The lowest BCUT2D eigenvalue weighted by molar-refractivity contribution is -0.143. The average Bonchev–Trinajstić information content (AvgIpc) is 3.38. The number of likely N-dealkylation sites (tertiary alicyclic amines) is 1. The molecule has 1 aromatic rings. The highest BCUT2D eigenvalue weighted by molar-refractivity contribution is 5.95. The summed E-state index contributed by atoms with van der Waals surface area (Å²) in [5, 5.41) is 0. The molecule has 0 aromatic heterocycles. The molecule has 4 rings (SSSR count). The van der Waals surface area contributed by atoms with Gasteiger partial charge in [-0.1, -0.05) is 12.8 Å². The summed E-state index contributed by atoms with van der Waals surface area (Å²) in [6.07, 6.45) is 8.16. The number of piperazine rings is 1.